The Labute approximate surface area is 180 Å². The van der Waals surface area contributed by atoms with Crippen molar-refractivity contribution in [3.05, 3.63) is 65.7 Å². The van der Waals surface area contributed by atoms with Crippen LogP contribution in [0.2, 0.25) is 0 Å². The van der Waals surface area contributed by atoms with E-state index in [-0.39, 0.29) is 5.39 Å². The van der Waals surface area contributed by atoms with Crippen molar-refractivity contribution in [1.29, 1.82) is 0 Å². The van der Waals surface area contributed by atoms with E-state index >= 15 is 0 Å². The Morgan fingerprint density at radius 3 is 2.23 bits per heavy atom. The fourth-order valence-corrected chi connectivity index (χ4v) is 4.83. The molecule has 1 fully saturated rings. The van der Waals surface area contributed by atoms with E-state index in [1.807, 2.05) is 12.1 Å². The SMILES string of the molecule is CCCC1CCC(c2ccc(-c3ccc4c(F)c(OC(F)F)c(F)cc4c3)cc2)CC1. The predicted molar refractivity (Wildman–Crippen MR) is 116 cm³/mol. The Morgan fingerprint density at radius 1 is 0.903 bits per heavy atom. The van der Waals surface area contributed by atoms with Gasteiger partial charge in [0.1, 0.15) is 0 Å². The molecule has 0 aromatic heterocycles. The molecule has 0 heterocycles. The van der Waals surface area contributed by atoms with E-state index in [0.717, 1.165) is 23.1 Å². The molecular formula is C26H26F4O. The number of alkyl halides is 2. The Hall–Kier alpha value is -2.56. The second-order valence-electron chi connectivity index (χ2n) is 8.44. The largest absolute Gasteiger partial charge is 0.429 e. The van der Waals surface area contributed by atoms with E-state index in [9.17, 15) is 17.6 Å². The van der Waals surface area contributed by atoms with Crippen LogP contribution in [0.4, 0.5) is 17.6 Å². The summed E-state index contributed by atoms with van der Waals surface area (Å²) in [5, 5.41) is 0.341. The van der Waals surface area contributed by atoms with Crippen molar-refractivity contribution < 1.29 is 22.3 Å². The Morgan fingerprint density at radius 2 is 1.58 bits per heavy atom. The van der Waals surface area contributed by atoms with Crippen LogP contribution in [-0.4, -0.2) is 6.61 Å². The molecule has 164 valence electrons. The molecule has 0 atom stereocenters. The van der Waals surface area contributed by atoms with Gasteiger partial charge in [-0.1, -0.05) is 56.2 Å². The van der Waals surface area contributed by atoms with Gasteiger partial charge >= 0.3 is 6.61 Å². The van der Waals surface area contributed by atoms with Gasteiger partial charge in [-0.2, -0.15) is 8.78 Å². The van der Waals surface area contributed by atoms with Gasteiger partial charge in [-0.25, -0.2) is 8.78 Å². The molecule has 0 saturated heterocycles. The van der Waals surface area contributed by atoms with Crippen LogP contribution in [0.5, 0.6) is 5.75 Å². The van der Waals surface area contributed by atoms with Gasteiger partial charge in [-0.3, -0.25) is 0 Å². The topological polar surface area (TPSA) is 9.23 Å². The molecule has 1 saturated carbocycles. The minimum Gasteiger partial charge on any atom is -0.429 e. The van der Waals surface area contributed by atoms with Crippen LogP contribution in [0.15, 0.2) is 48.5 Å². The van der Waals surface area contributed by atoms with E-state index in [4.69, 9.17) is 0 Å². The summed E-state index contributed by atoms with van der Waals surface area (Å²) in [6.07, 6.45) is 7.61. The summed E-state index contributed by atoms with van der Waals surface area (Å²) < 4.78 is 57.4. The first-order chi connectivity index (χ1) is 15.0. The Bertz CT molecular complexity index is 1040. The third-order valence-electron chi connectivity index (χ3n) is 6.45. The molecule has 0 radical (unpaired) electrons. The van der Waals surface area contributed by atoms with Gasteiger partial charge in [0.05, 0.1) is 0 Å². The fourth-order valence-electron chi connectivity index (χ4n) is 4.83. The summed E-state index contributed by atoms with van der Waals surface area (Å²) in [6, 6.07) is 14.2. The average Bonchev–Trinajstić information content (AvgIpc) is 2.77. The van der Waals surface area contributed by atoms with Crippen LogP contribution >= 0.6 is 0 Å². The first-order valence-corrected chi connectivity index (χ1v) is 10.9. The summed E-state index contributed by atoms with van der Waals surface area (Å²) in [6.45, 7) is -1.04. The number of fused-ring (bicyclic) bond motifs is 1. The smallest absolute Gasteiger partial charge is 0.387 e. The monoisotopic (exact) mass is 430 g/mol. The van der Waals surface area contributed by atoms with Crippen molar-refractivity contribution >= 4 is 10.8 Å². The third-order valence-corrected chi connectivity index (χ3v) is 6.45. The van der Waals surface area contributed by atoms with E-state index in [0.29, 0.717) is 11.3 Å². The van der Waals surface area contributed by atoms with Crippen molar-refractivity contribution in [3.8, 4) is 16.9 Å². The zero-order chi connectivity index (χ0) is 22.0. The molecule has 0 unspecified atom stereocenters. The highest BCUT2D eigenvalue weighted by molar-refractivity contribution is 5.89. The quantitative estimate of drug-likeness (QED) is 0.356. The first-order valence-electron chi connectivity index (χ1n) is 10.9. The maximum atomic E-state index is 14.5. The van der Waals surface area contributed by atoms with Crippen molar-refractivity contribution in [1.82, 2.24) is 0 Å². The van der Waals surface area contributed by atoms with Gasteiger partial charge in [0.25, 0.3) is 0 Å². The molecular weight excluding hydrogens is 404 g/mol. The van der Waals surface area contributed by atoms with Crippen LogP contribution in [0.3, 0.4) is 0 Å². The molecule has 4 rings (SSSR count). The maximum Gasteiger partial charge on any atom is 0.387 e. The van der Waals surface area contributed by atoms with Crippen LogP contribution < -0.4 is 4.74 Å². The molecule has 0 amide bonds. The normalized spacial score (nSPS) is 19.2. The summed E-state index contributed by atoms with van der Waals surface area (Å²) >= 11 is 0. The lowest BCUT2D eigenvalue weighted by molar-refractivity contribution is -0.0544. The lowest BCUT2D eigenvalue weighted by Crippen LogP contribution is -2.13. The van der Waals surface area contributed by atoms with Gasteiger partial charge < -0.3 is 4.74 Å². The van der Waals surface area contributed by atoms with Crippen molar-refractivity contribution in [3.63, 3.8) is 0 Å². The van der Waals surface area contributed by atoms with E-state index in [1.54, 1.807) is 12.1 Å². The highest BCUT2D eigenvalue weighted by Crippen LogP contribution is 2.38. The van der Waals surface area contributed by atoms with Gasteiger partial charge in [0, 0.05) is 5.39 Å². The molecule has 1 aliphatic carbocycles. The zero-order valence-corrected chi connectivity index (χ0v) is 17.5. The fraction of sp³-hybridized carbons (Fsp3) is 0.385. The molecule has 0 spiro atoms. The second-order valence-corrected chi connectivity index (χ2v) is 8.44. The second kappa shape index (κ2) is 9.29. The number of benzene rings is 3. The van der Waals surface area contributed by atoms with Crippen LogP contribution in [-0.2, 0) is 0 Å². The molecule has 31 heavy (non-hydrogen) atoms. The minimum atomic E-state index is -3.29. The number of halogens is 4. The van der Waals surface area contributed by atoms with E-state index < -0.39 is 24.0 Å². The highest BCUT2D eigenvalue weighted by Gasteiger charge is 2.22. The van der Waals surface area contributed by atoms with Gasteiger partial charge in [0.15, 0.2) is 17.4 Å². The number of rotatable bonds is 6. The molecule has 0 aliphatic heterocycles. The van der Waals surface area contributed by atoms with E-state index in [2.05, 4.69) is 23.8 Å². The molecule has 0 N–H and O–H groups in total. The summed E-state index contributed by atoms with van der Waals surface area (Å²) in [4.78, 5) is 0. The summed E-state index contributed by atoms with van der Waals surface area (Å²) in [5.74, 6) is -1.85. The van der Waals surface area contributed by atoms with Crippen LogP contribution in [0.25, 0.3) is 21.9 Å². The number of ether oxygens (including phenoxy) is 1. The standard InChI is InChI=1S/C26H26F4O/c1-2-3-16-4-6-17(7-5-16)18-8-10-19(11-9-18)20-12-13-22-21(14-20)15-23(27)25(24(22)28)31-26(29)30/h8-17,26H,2-7H2,1H3. The maximum absolute atomic E-state index is 14.5. The molecule has 0 bridgehead atoms. The van der Waals surface area contributed by atoms with Crippen LogP contribution in [0.1, 0.15) is 56.9 Å². The van der Waals surface area contributed by atoms with Crippen molar-refractivity contribution in [2.24, 2.45) is 5.92 Å². The lowest BCUT2D eigenvalue weighted by Gasteiger charge is -2.28. The highest BCUT2D eigenvalue weighted by atomic mass is 19.3. The number of hydrogen-bond acceptors (Lipinski definition) is 1. The predicted octanol–water partition coefficient (Wildman–Crippen LogP) is 8.46. The summed E-state index contributed by atoms with van der Waals surface area (Å²) in [7, 11) is 0. The third kappa shape index (κ3) is 4.70. The van der Waals surface area contributed by atoms with E-state index in [1.165, 1.54) is 50.2 Å². The summed E-state index contributed by atoms with van der Waals surface area (Å²) in [5.41, 5.74) is 3.09. The Kier molecular flexibility index (Phi) is 6.49. The Balaban J connectivity index is 1.55. The molecule has 1 aliphatic rings. The van der Waals surface area contributed by atoms with Crippen molar-refractivity contribution in [2.45, 2.75) is 58.0 Å². The molecule has 5 heteroatoms. The minimum absolute atomic E-state index is 0.0428. The average molecular weight is 430 g/mol. The molecule has 1 nitrogen and oxygen atoms in total. The van der Waals surface area contributed by atoms with Gasteiger partial charge in [-0.15, -0.1) is 0 Å². The van der Waals surface area contributed by atoms with Crippen LogP contribution in [0, 0.1) is 17.6 Å². The first kappa shape index (κ1) is 21.7. The molecule has 3 aromatic rings. The van der Waals surface area contributed by atoms with Gasteiger partial charge in [-0.05, 0) is 71.7 Å². The van der Waals surface area contributed by atoms with Crippen molar-refractivity contribution in [2.75, 3.05) is 0 Å². The molecule has 3 aromatic carbocycles. The lowest BCUT2D eigenvalue weighted by atomic mass is 9.77. The number of hydrogen-bond donors (Lipinski definition) is 0. The zero-order valence-electron chi connectivity index (χ0n) is 17.5. The van der Waals surface area contributed by atoms with Gasteiger partial charge in [0.2, 0.25) is 0 Å².